The Balaban J connectivity index is 2.03. The molecule has 2 nitrogen and oxygen atoms in total. The Bertz CT molecular complexity index is 337. The molecule has 0 N–H and O–H groups in total. The van der Waals surface area contributed by atoms with E-state index in [0.29, 0.717) is 0 Å². The van der Waals surface area contributed by atoms with Crippen LogP contribution in [0.3, 0.4) is 0 Å². The first-order valence-electron chi connectivity index (χ1n) is 5.14. The summed E-state index contributed by atoms with van der Waals surface area (Å²) < 4.78 is 25.8. The van der Waals surface area contributed by atoms with Gasteiger partial charge in [-0.25, -0.2) is 8.78 Å². The van der Waals surface area contributed by atoms with Gasteiger partial charge in [0.25, 0.3) is 0 Å². The molecule has 82 valence electrons. The molecule has 4 heteroatoms. The van der Waals surface area contributed by atoms with Crippen molar-refractivity contribution < 1.29 is 13.6 Å². The van der Waals surface area contributed by atoms with Gasteiger partial charge >= 0.3 is 0 Å². The molecule has 1 aromatic rings. The number of hydroxylamine groups is 2. The van der Waals surface area contributed by atoms with Gasteiger partial charge in [0.2, 0.25) is 0 Å². The highest BCUT2D eigenvalue weighted by Gasteiger charge is 2.14. The molecule has 0 spiro atoms. The molecule has 0 bridgehead atoms. The van der Waals surface area contributed by atoms with Crippen LogP contribution < -0.4 is 4.84 Å². The van der Waals surface area contributed by atoms with E-state index < -0.39 is 11.6 Å². The van der Waals surface area contributed by atoms with Crippen molar-refractivity contribution in [2.24, 2.45) is 0 Å². The lowest BCUT2D eigenvalue weighted by molar-refractivity contribution is -0.0748. The van der Waals surface area contributed by atoms with Crippen molar-refractivity contribution in [3.05, 3.63) is 29.8 Å². The average molecular weight is 213 g/mol. The van der Waals surface area contributed by atoms with Crippen LogP contribution in [0.2, 0.25) is 0 Å². The number of benzene rings is 1. The fourth-order valence-electron chi connectivity index (χ4n) is 1.64. The lowest BCUT2D eigenvalue weighted by Crippen LogP contribution is -2.33. The predicted molar refractivity (Wildman–Crippen MR) is 52.4 cm³/mol. The van der Waals surface area contributed by atoms with E-state index in [4.69, 9.17) is 4.84 Å². The van der Waals surface area contributed by atoms with Gasteiger partial charge < -0.3 is 4.84 Å². The van der Waals surface area contributed by atoms with Crippen molar-refractivity contribution in [2.45, 2.75) is 19.3 Å². The number of rotatable bonds is 2. The van der Waals surface area contributed by atoms with Crippen LogP contribution in [0.25, 0.3) is 0 Å². The third-order valence-corrected chi connectivity index (χ3v) is 2.44. The molecule has 1 aliphatic rings. The van der Waals surface area contributed by atoms with Crippen LogP contribution in [0.5, 0.6) is 5.75 Å². The Labute approximate surface area is 87.4 Å². The maximum Gasteiger partial charge on any atom is 0.183 e. The van der Waals surface area contributed by atoms with Crippen LogP contribution in [0, 0.1) is 11.6 Å². The summed E-state index contributed by atoms with van der Waals surface area (Å²) in [6, 6.07) is 3.35. The van der Waals surface area contributed by atoms with E-state index in [9.17, 15) is 8.78 Å². The maximum atomic E-state index is 13.2. The molecule has 0 amide bonds. The van der Waals surface area contributed by atoms with Gasteiger partial charge in [-0.05, 0) is 25.0 Å². The SMILES string of the molecule is Fc1ccc(ON2CCCCC2)c(F)c1. The van der Waals surface area contributed by atoms with E-state index in [0.717, 1.165) is 32.0 Å². The number of hydrogen-bond acceptors (Lipinski definition) is 2. The zero-order chi connectivity index (χ0) is 10.7. The van der Waals surface area contributed by atoms with Gasteiger partial charge in [0, 0.05) is 19.2 Å². The molecule has 1 saturated heterocycles. The molecular weight excluding hydrogens is 200 g/mol. The van der Waals surface area contributed by atoms with E-state index >= 15 is 0 Å². The van der Waals surface area contributed by atoms with Gasteiger partial charge in [-0.2, -0.15) is 0 Å². The molecule has 1 heterocycles. The highest BCUT2D eigenvalue weighted by molar-refractivity contribution is 5.24. The minimum Gasteiger partial charge on any atom is -0.403 e. The Morgan fingerprint density at radius 3 is 2.47 bits per heavy atom. The minimum absolute atomic E-state index is 0.0956. The second-order valence-electron chi connectivity index (χ2n) is 3.66. The fraction of sp³-hybridized carbons (Fsp3) is 0.455. The molecule has 0 atom stereocenters. The molecule has 15 heavy (non-hydrogen) atoms. The van der Waals surface area contributed by atoms with E-state index in [1.165, 1.54) is 18.6 Å². The Kier molecular flexibility index (Phi) is 3.16. The quantitative estimate of drug-likeness (QED) is 0.749. The molecule has 0 aromatic heterocycles. The highest BCUT2D eigenvalue weighted by atomic mass is 19.1. The lowest BCUT2D eigenvalue weighted by Gasteiger charge is -2.26. The number of piperidine rings is 1. The summed E-state index contributed by atoms with van der Waals surface area (Å²) in [7, 11) is 0. The van der Waals surface area contributed by atoms with Crippen molar-refractivity contribution in [1.82, 2.24) is 5.06 Å². The third-order valence-electron chi connectivity index (χ3n) is 2.44. The number of hydrogen-bond donors (Lipinski definition) is 0. The molecule has 0 radical (unpaired) electrons. The topological polar surface area (TPSA) is 12.5 Å². The van der Waals surface area contributed by atoms with Crippen molar-refractivity contribution in [1.29, 1.82) is 0 Å². The smallest absolute Gasteiger partial charge is 0.183 e. The van der Waals surface area contributed by atoms with Gasteiger partial charge in [-0.3, -0.25) is 0 Å². The molecule has 1 fully saturated rings. The predicted octanol–water partition coefficient (Wildman–Crippen LogP) is 2.74. The largest absolute Gasteiger partial charge is 0.403 e. The van der Waals surface area contributed by atoms with Crippen molar-refractivity contribution in [3.63, 3.8) is 0 Å². The van der Waals surface area contributed by atoms with Crippen LogP contribution in [-0.2, 0) is 0 Å². The first-order chi connectivity index (χ1) is 7.25. The van der Waals surface area contributed by atoms with Crippen molar-refractivity contribution in [3.8, 4) is 5.75 Å². The Hall–Kier alpha value is -1.16. The lowest BCUT2D eigenvalue weighted by atomic mass is 10.2. The zero-order valence-corrected chi connectivity index (χ0v) is 8.38. The molecule has 0 unspecified atom stereocenters. The van der Waals surface area contributed by atoms with Crippen molar-refractivity contribution >= 4 is 0 Å². The van der Waals surface area contributed by atoms with Crippen molar-refractivity contribution in [2.75, 3.05) is 13.1 Å². The van der Waals surface area contributed by atoms with Gasteiger partial charge in [-0.15, -0.1) is 5.06 Å². The molecule has 0 saturated carbocycles. The molecule has 2 rings (SSSR count). The fourth-order valence-corrected chi connectivity index (χ4v) is 1.64. The van der Waals surface area contributed by atoms with Gasteiger partial charge in [0.05, 0.1) is 0 Å². The van der Waals surface area contributed by atoms with Crippen LogP contribution in [0.1, 0.15) is 19.3 Å². The molecule has 1 aromatic carbocycles. The Morgan fingerprint density at radius 2 is 1.80 bits per heavy atom. The third kappa shape index (κ3) is 2.65. The monoisotopic (exact) mass is 213 g/mol. The maximum absolute atomic E-state index is 13.2. The summed E-state index contributed by atoms with van der Waals surface area (Å²) in [6.45, 7) is 1.60. The van der Waals surface area contributed by atoms with E-state index in [2.05, 4.69) is 0 Å². The highest BCUT2D eigenvalue weighted by Crippen LogP contribution is 2.20. The average Bonchev–Trinajstić information content (AvgIpc) is 2.24. The summed E-state index contributed by atoms with van der Waals surface area (Å²) >= 11 is 0. The normalized spacial score (nSPS) is 17.7. The van der Waals surface area contributed by atoms with Crippen LogP contribution in [0.4, 0.5) is 8.78 Å². The van der Waals surface area contributed by atoms with E-state index in [1.54, 1.807) is 5.06 Å². The number of nitrogens with zero attached hydrogens (tertiary/aromatic N) is 1. The molecular formula is C11H13F2NO. The van der Waals surface area contributed by atoms with Gasteiger partial charge in [0.1, 0.15) is 5.82 Å². The second kappa shape index (κ2) is 4.57. The number of halogens is 2. The van der Waals surface area contributed by atoms with Gasteiger partial charge in [0.15, 0.2) is 11.6 Å². The van der Waals surface area contributed by atoms with E-state index in [-0.39, 0.29) is 5.75 Å². The standard InChI is InChI=1S/C11H13F2NO/c12-9-4-5-11(10(13)8-9)15-14-6-2-1-3-7-14/h4-5,8H,1-3,6-7H2. The second-order valence-corrected chi connectivity index (χ2v) is 3.66. The molecule has 1 aliphatic heterocycles. The summed E-state index contributed by atoms with van der Waals surface area (Å²) in [5, 5.41) is 1.72. The Morgan fingerprint density at radius 1 is 1.07 bits per heavy atom. The molecule has 0 aliphatic carbocycles. The first-order valence-corrected chi connectivity index (χ1v) is 5.14. The first kappa shape index (κ1) is 10.4. The van der Waals surface area contributed by atoms with Crippen LogP contribution in [-0.4, -0.2) is 18.2 Å². The summed E-state index contributed by atoms with van der Waals surface area (Å²) in [6.07, 6.45) is 3.30. The summed E-state index contributed by atoms with van der Waals surface area (Å²) in [5.41, 5.74) is 0. The summed E-state index contributed by atoms with van der Waals surface area (Å²) in [4.78, 5) is 5.33. The van der Waals surface area contributed by atoms with Crippen LogP contribution in [0.15, 0.2) is 18.2 Å². The van der Waals surface area contributed by atoms with E-state index in [1.807, 2.05) is 0 Å². The van der Waals surface area contributed by atoms with Gasteiger partial charge in [-0.1, -0.05) is 6.42 Å². The zero-order valence-electron chi connectivity index (χ0n) is 8.38. The van der Waals surface area contributed by atoms with Crippen LogP contribution >= 0.6 is 0 Å². The summed E-state index contributed by atoms with van der Waals surface area (Å²) in [5.74, 6) is -1.14. The minimum atomic E-state index is -0.652.